The topological polar surface area (TPSA) is 84.7 Å². The number of amides is 1. The van der Waals surface area contributed by atoms with Gasteiger partial charge < -0.3 is 14.2 Å². The number of nitrogens with zero attached hydrogens (tertiary/aromatic N) is 3. The maximum Gasteiger partial charge on any atom is 0.415 e. The first-order valence-electron chi connectivity index (χ1n) is 9.64. The Bertz CT molecular complexity index is 985. The average molecular weight is 407 g/mol. The van der Waals surface area contributed by atoms with Gasteiger partial charge in [-0.3, -0.25) is 9.88 Å². The van der Waals surface area contributed by atoms with Crippen LogP contribution >= 0.6 is 0 Å². The second-order valence-electron chi connectivity index (χ2n) is 8.53. The summed E-state index contributed by atoms with van der Waals surface area (Å²) < 4.78 is 17.4. The monoisotopic (exact) mass is 407 g/mol. The van der Waals surface area contributed by atoms with E-state index in [1.54, 1.807) is 39.1 Å². The molecule has 0 radical (unpaired) electrons. The lowest BCUT2D eigenvalue weighted by Gasteiger charge is -2.35. The summed E-state index contributed by atoms with van der Waals surface area (Å²) in [6.45, 7) is 11.5. The van der Waals surface area contributed by atoms with Crippen LogP contribution in [0.5, 0.6) is 5.75 Å². The highest BCUT2D eigenvalue weighted by Gasteiger charge is 2.32. The summed E-state index contributed by atoms with van der Waals surface area (Å²) >= 11 is 0. The SMILES string of the molecule is Cc1ncc(CN(C(=O)OC(C)(C)C)c2c#cc(C#N)cc2)c2c1OC(C)(C)OC2. The minimum Gasteiger partial charge on any atom is -0.461 e. The van der Waals surface area contributed by atoms with E-state index < -0.39 is 17.5 Å². The molecular weight excluding hydrogens is 382 g/mol. The Labute approximate surface area is 177 Å². The van der Waals surface area contributed by atoms with Gasteiger partial charge in [0.1, 0.15) is 23.0 Å². The Morgan fingerprint density at radius 1 is 1.37 bits per heavy atom. The summed E-state index contributed by atoms with van der Waals surface area (Å²) in [5.41, 5.74) is 2.47. The number of carbonyl (C=O) groups is 1. The standard InChI is InChI=1S/C23H25N3O4/c1-15-20-19(14-28-23(5,6)29-20)17(12-25-15)13-26(21(27)30-22(2,3)4)18-9-7-16(11-24)8-10-18/h7,9,12H,13-14H2,1-6H3. The van der Waals surface area contributed by atoms with Crippen molar-refractivity contribution in [2.45, 2.75) is 66.1 Å². The highest BCUT2D eigenvalue weighted by Crippen LogP contribution is 2.36. The molecule has 1 amide bonds. The van der Waals surface area contributed by atoms with Crippen LogP contribution in [0.1, 0.15) is 57.0 Å². The lowest BCUT2D eigenvalue weighted by molar-refractivity contribution is -0.180. The van der Waals surface area contributed by atoms with Crippen LogP contribution in [0.3, 0.4) is 0 Å². The highest BCUT2D eigenvalue weighted by molar-refractivity contribution is 5.87. The average Bonchev–Trinajstić information content (AvgIpc) is 2.66. The second-order valence-corrected chi connectivity index (χ2v) is 8.53. The summed E-state index contributed by atoms with van der Waals surface area (Å²) in [5.74, 6) is -0.0815. The normalized spacial score (nSPS) is 14.6. The van der Waals surface area contributed by atoms with Crippen molar-refractivity contribution < 1.29 is 19.0 Å². The number of ether oxygens (including phenoxy) is 3. The summed E-state index contributed by atoms with van der Waals surface area (Å²) in [4.78, 5) is 18.9. The number of fused-ring (bicyclic) bond motifs is 1. The van der Waals surface area contributed by atoms with E-state index in [4.69, 9.17) is 19.5 Å². The van der Waals surface area contributed by atoms with Crippen LogP contribution in [-0.4, -0.2) is 22.5 Å². The van der Waals surface area contributed by atoms with Crippen LogP contribution in [0.2, 0.25) is 0 Å². The molecule has 0 atom stereocenters. The molecule has 156 valence electrons. The zero-order chi connectivity index (χ0) is 22.1. The van der Waals surface area contributed by atoms with Gasteiger partial charge in [-0.25, -0.2) is 4.79 Å². The number of pyridine rings is 1. The van der Waals surface area contributed by atoms with Gasteiger partial charge in [0.25, 0.3) is 0 Å². The van der Waals surface area contributed by atoms with Gasteiger partial charge in [0, 0.05) is 25.6 Å². The van der Waals surface area contributed by atoms with Crippen LogP contribution in [0, 0.1) is 30.4 Å². The van der Waals surface area contributed by atoms with Gasteiger partial charge in [0.2, 0.25) is 5.79 Å². The van der Waals surface area contributed by atoms with Gasteiger partial charge in [-0.05, 0) is 57.5 Å². The molecule has 0 aliphatic carbocycles. The Morgan fingerprint density at radius 2 is 2.10 bits per heavy atom. The predicted octanol–water partition coefficient (Wildman–Crippen LogP) is 4.45. The number of anilines is 1. The Hall–Kier alpha value is -3.29. The number of nitriles is 1. The molecule has 7 heteroatoms. The van der Waals surface area contributed by atoms with E-state index in [1.807, 2.05) is 26.8 Å². The second kappa shape index (κ2) is 7.85. The van der Waals surface area contributed by atoms with Crippen LogP contribution in [0.4, 0.5) is 10.5 Å². The van der Waals surface area contributed by atoms with Crippen LogP contribution in [-0.2, 0) is 22.6 Å². The highest BCUT2D eigenvalue weighted by atomic mass is 16.7. The van der Waals surface area contributed by atoms with Gasteiger partial charge in [-0.15, -0.1) is 0 Å². The molecule has 3 rings (SSSR count). The van der Waals surface area contributed by atoms with E-state index in [0.29, 0.717) is 23.6 Å². The van der Waals surface area contributed by atoms with Gasteiger partial charge in [-0.1, -0.05) is 0 Å². The van der Waals surface area contributed by atoms with Gasteiger partial charge in [0.15, 0.2) is 0 Å². The molecule has 0 N–H and O–H groups in total. The molecule has 0 bridgehead atoms. The van der Waals surface area contributed by atoms with E-state index in [1.165, 1.54) is 4.90 Å². The molecule has 0 fully saturated rings. The van der Waals surface area contributed by atoms with Crippen molar-refractivity contribution in [3.63, 3.8) is 0 Å². The fourth-order valence-electron chi connectivity index (χ4n) is 2.96. The number of aromatic nitrogens is 1. The Balaban J connectivity index is 1.99. The lowest BCUT2D eigenvalue weighted by atomic mass is 10.1. The fraction of sp³-hybridized carbons (Fsp3) is 0.435. The van der Waals surface area contributed by atoms with E-state index in [2.05, 4.69) is 17.1 Å². The fourth-order valence-corrected chi connectivity index (χ4v) is 2.96. The van der Waals surface area contributed by atoms with Crippen LogP contribution in [0.25, 0.3) is 0 Å². The van der Waals surface area contributed by atoms with Crippen molar-refractivity contribution in [2.24, 2.45) is 0 Å². The van der Waals surface area contributed by atoms with Crippen molar-refractivity contribution in [3.8, 4) is 11.8 Å². The lowest BCUT2D eigenvalue weighted by Crippen LogP contribution is -2.38. The number of hydrogen-bond donors (Lipinski definition) is 0. The van der Waals surface area contributed by atoms with Crippen molar-refractivity contribution in [3.05, 3.63) is 52.8 Å². The maximum atomic E-state index is 13.0. The molecule has 0 saturated heterocycles. The van der Waals surface area contributed by atoms with Gasteiger partial charge >= 0.3 is 6.09 Å². The van der Waals surface area contributed by atoms with Crippen molar-refractivity contribution in [2.75, 3.05) is 4.90 Å². The first kappa shape index (κ1) is 21.4. The molecule has 0 unspecified atom stereocenters. The van der Waals surface area contributed by atoms with E-state index in [9.17, 15) is 4.79 Å². The number of hydrogen-bond acceptors (Lipinski definition) is 6. The van der Waals surface area contributed by atoms with Crippen LogP contribution < -0.4 is 9.64 Å². The van der Waals surface area contributed by atoms with Crippen molar-refractivity contribution >= 4 is 11.8 Å². The molecule has 2 aromatic rings. The van der Waals surface area contributed by atoms with E-state index in [-0.39, 0.29) is 6.54 Å². The molecule has 30 heavy (non-hydrogen) atoms. The molecule has 1 aliphatic heterocycles. The minimum absolute atomic E-state index is 0.175. The summed E-state index contributed by atoms with van der Waals surface area (Å²) in [5, 5.41) is 9.02. The van der Waals surface area contributed by atoms with Crippen molar-refractivity contribution in [1.29, 1.82) is 5.26 Å². The number of rotatable bonds is 3. The molecule has 1 aliphatic rings. The Kier molecular flexibility index (Phi) is 5.61. The minimum atomic E-state index is -0.751. The third-order valence-electron chi connectivity index (χ3n) is 4.40. The summed E-state index contributed by atoms with van der Waals surface area (Å²) in [7, 11) is 0. The molecule has 0 saturated carbocycles. The molecule has 2 heterocycles. The molecular formula is C23H25N3O4. The zero-order valence-electron chi connectivity index (χ0n) is 18.1. The predicted molar refractivity (Wildman–Crippen MR) is 110 cm³/mol. The van der Waals surface area contributed by atoms with Crippen LogP contribution in [0.15, 0.2) is 18.3 Å². The molecule has 7 nitrogen and oxygen atoms in total. The summed E-state index contributed by atoms with van der Waals surface area (Å²) in [6, 6.07) is 10.9. The number of aryl methyl sites for hydroxylation is 1. The molecule has 1 aromatic heterocycles. The number of carbonyl (C=O) groups excluding carboxylic acids is 1. The first-order chi connectivity index (χ1) is 14.0. The first-order valence-corrected chi connectivity index (χ1v) is 9.64. The molecule has 0 spiro atoms. The molecule has 1 aromatic carbocycles. The van der Waals surface area contributed by atoms with E-state index >= 15 is 0 Å². The van der Waals surface area contributed by atoms with Gasteiger partial charge in [-0.2, -0.15) is 5.26 Å². The van der Waals surface area contributed by atoms with Crippen molar-refractivity contribution in [1.82, 2.24) is 4.98 Å². The van der Waals surface area contributed by atoms with E-state index in [0.717, 1.165) is 16.8 Å². The largest absolute Gasteiger partial charge is 0.461 e. The quantitative estimate of drug-likeness (QED) is 0.747. The maximum absolute atomic E-state index is 13.0. The summed E-state index contributed by atoms with van der Waals surface area (Å²) in [6.07, 6.45) is 1.17. The third kappa shape index (κ3) is 4.82. The smallest absolute Gasteiger partial charge is 0.415 e. The Morgan fingerprint density at radius 3 is 2.70 bits per heavy atom. The van der Waals surface area contributed by atoms with Gasteiger partial charge in [0.05, 0.1) is 24.5 Å². The zero-order valence-corrected chi connectivity index (χ0v) is 18.1. The third-order valence-corrected chi connectivity index (χ3v) is 4.40.